The predicted molar refractivity (Wildman–Crippen MR) is 129 cm³/mol. The number of hydrogen-bond donors (Lipinski definition) is 1. The van der Waals surface area contributed by atoms with Gasteiger partial charge in [0.2, 0.25) is 5.88 Å². The number of nitrogens with zero attached hydrogens (tertiary/aromatic N) is 3. The maximum absolute atomic E-state index is 13.8. The molecule has 3 aliphatic rings. The normalized spacial score (nSPS) is 22.4. The maximum atomic E-state index is 13.8. The fraction of sp³-hybridized carbons (Fsp3) is 0.231. The van der Waals surface area contributed by atoms with Crippen LogP contribution in [0.3, 0.4) is 0 Å². The van der Waals surface area contributed by atoms with E-state index in [1.807, 2.05) is 26.0 Å². The highest BCUT2D eigenvalue weighted by molar-refractivity contribution is 9.10. The second-order valence-corrected chi connectivity index (χ2v) is 10.6. The minimum absolute atomic E-state index is 0.0621. The fourth-order valence-corrected chi connectivity index (χ4v) is 5.99. The third-order valence-electron chi connectivity index (χ3n) is 6.89. The van der Waals surface area contributed by atoms with Crippen LogP contribution in [0.2, 0.25) is 0 Å². The van der Waals surface area contributed by atoms with Crippen molar-refractivity contribution in [2.75, 3.05) is 0 Å². The summed E-state index contributed by atoms with van der Waals surface area (Å²) in [5.74, 6) is 0.494. The van der Waals surface area contributed by atoms with Gasteiger partial charge in [-0.15, -0.1) is 0 Å². The standard InChI is InChI=1S/C26H19BrN4O3/c1-25(2)10-19(32)21-20(11-25)34-22(29)16(12-28)26(21)15-9-13(27)7-8-18(15)31-23(33)14-5-3-4-6-17(14)30-24(26)31/h3-9H,10-11,29H2,1-2H3. The summed E-state index contributed by atoms with van der Waals surface area (Å²) < 4.78 is 8.18. The van der Waals surface area contributed by atoms with E-state index in [0.29, 0.717) is 39.9 Å². The molecule has 0 fully saturated rings. The number of Topliss-reactive ketones (excluding diaryl/α,β-unsaturated/α-hetero) is 1. The summed E-state index contributed by atoms with van der Waals surface area (Å²) in [5.41, 5.74) is 6.35. The van der Waals surface area contributed by atoms with E-state index in [-0.39, 0.29) is 40.5 Å². The van der Waals surface area contributed by atoms with Crippen LogP contribution >= 0.6 is 15.9 Å². The molecule has 1 aliphatic carbocycles. The van der Waals surface area contributed by atoms with E-state index < -0.39 is 5.41 Å². The van der Waals surface area contributed by atoms with Crippen LogP contribution in [-0.4, -0.2) is 15.3 Å². The Morgan fingerprint density at radius 3 is 2.71 bits per heavy atom. The summed E-state index contributed by atoms with van der Waals surface area (Å²) in [5, 5.41) is 10.8. The number of aromatic nitrogens is 2. The Hall–Kier alpha value is -3.70. The molecule has 0 saturated heterocycles. The first-order valence-corrected chi connectivity index (χ1v) is 11.7. The Balaban J connectivity index is 1.86. The number of nitrogens with two attached hydrogens (primary N) is 1. The third kappa shape index (κ3) is 2.48. The monoisotopic (exact) mass is 514 g/mol. The quantitative estimate of drug-likeness (QED) is 0.483. The molecule has 2 N–H and O–H groups in total. The molecular formula is C26H19BrN4O3. The van der Waals surface area contributed by atoms with Gasteiger partial charge in [-0.2, -0.15) is 5.26 Å². The molecule has 34 heavy (non-hydrogen) atoms. The summed E-state index contributed by atoms with van der Waals surface area (Å²) in [6.07, 6.45) is 0.743. The van der Waals surface area contributed by atoms with E-state index in [1.165, 1.54) is 4.57 Å². The molecule has 0 saturated carbocycles. The van der Waals surface area contributed by atoms with Crippen LogP contribution in [0.25, 0.3) is 16.6 Å². The number of ketones is 1. The summed E-state index contributed by atoms with van der Waals surface area (Å²) in [4.78, 5) is 32.5. The molecule has 0 amide bonds. The molecule has 3 heterocycles. The van der Waals surface area contributed by atoms with Gasteiger partial charge in [-0.05, 0) is 35.7 Å². The van der Waals surface area contributed by atoms with Gasteiger partial charge >= 0.3 is 0 Å². The van der Waals surface area contributed by atoms with E-state index in [9.17, 15) is 14.9 Å². The molecular weight excluding hydrogens is 496 g/mol. The van der Waals surface area contributed by atoms with Crippen molar-refractivity contribution in [3.8, 4) is 11.8 Å². The molecule has 8 heteroatoms. The molecule has 7 nitrogen and oxygen atoms in total. The van der Waals surface area contributed by atoms with Crippen molar-refractivity contribution < 1.29 is 9.53 Å². The van der Waals surface area contributed by atoms with Crippen molar-refractivity contribution in [2.45, 2.75) is 32.1 Å². The highest BCUT2D eigenvalue weighted by atomic mass is 79.9. The zero-order valence-electron chi connectivity index (χ0n) is 18.5. The number of carbonyl (C=O) groups is 1. The van der Waals surface area contributed by atoms with Gasteiger partial charge < -0.3 is 10.5 Å². The van der Waals surface area contributed by atoms with Crippen molar-refractivity contribution in [2.24, 2.45) is 11.1 Å². The highest BCUT2D eigenvalue weighted by Crippen LogP contribution is 2.58. The molecule has 2 aromatic carbocycles. The van der Waals surface area contributed by atoms with Crippen LogP contribution in [0.5, 0.6) is 0 Å². The average molecular weight is 515 g/mol. The van der Waals surface area contributed by atoms with Crippen LogP contribution in [0.4, 0.5) is 0 Å². The van der Waals surface area contributed by atoms with Gasteiger partial charge in [0, 0.05) is 22.9 Å². The zero-order valence-corrected chi connectivity index (χ0v) is 20.1. The molecule has 1 atom stereocenters. The molecule has 6 rings (SSSR count). The second kappa shape index (κ2) is 6.67. The Bertz CT molecular complexity index is 1640. The number of ether oxygens (including phenoxy) is 1. The van der Waals surface area contributed by atoms with Gasteiger partial charge in [-0.3, -0.25) is 14.2 Å². The van der Waals surface area contributed by atoms with Crippen molar-refractivity contribution in [1.29, 1.82) is 5.26 Å². The van der Waals surface area contributed by atoms with E-state index >= 15 is 0 Å². The lowest BCUT2D eigenvalue weighted by Crippen LogP contribution is -2.45. The summed E-state index contributed by atoms with van der Waals surface area (Å²) >= 11 is 3.53. The average Bonchev–Trinajstić information content (AvgIpc) is 3.03. The van der Waals surface area contributed by atoms with E-state index in [4.69, 9.17) is 15.5 Å². The van der Waals surface area contributed by atoms with Gasteiger partial charge in [0.25, 0.3) is 5.56 Å². The highest BCUT2D eigenvalue weighted by Gasteiger charge is 2.60. The maximum Gasteiger partial charge on any atom is 0.266 e. The fourth-order valence-electron chi connectivity index (χ4n) is 5.63. The number of carbonyl (C=O) groups excluding carboxylic acids is 1. The molecule has 1 unspecified atom stereocenters. The second-order valence-electron chi connectivity index (χ2n) is 9.70. The first-order chi connectivity index (χ1) is 16.2. The topological polar surface area (TPSA) is 111 Å². The largest absolute Gasteiger partial charge is 0.444 e. The Labute approximate surface area is 203 Å². The van der Waals surface area contributed by atoms with Gasteiger partial charge in [-0.1, -0.05) is 41.9 Å². The number of nitriles is 1. The van der Waals surface area contributed by atoms with Crippen molar-refractivity contribution >= 4 is 32.6 Å². The molecule has 2 aliphatic heterocycles. The number of hydrogen-bond acceptors (Lipinski definition) is 6. The van der Waals surface area contributed by atoms with E-state index in [2.05, 4.69) is 22.0 Å². The molecule has 1 spiro atoms. The number of fused-ring (bicyclic) bond motifs is 7. The minimum atomic E-state index is -1.44. The summed E-state index contributed by atoms with van der Waals surface area (Å²) in [6.45, 7) is 3.99. The lowest BCUT2D eigenvalue weighted by atomic mass is 9.62. The van der Waals surface area contributed by atoms with Crippen molar-refractivity contribution in [1.82, 2.24) is 9.55 Å². The van der Waals surface area contributed by atoms with Crippen molar-refractivity contribution in [3.05, 3.63) is 91.5 Å². The lowest BCUT2D eigenvalue weighted by molar-refractivity contribution is -0.119. The van der Waals surface area contributed by atoms with E-state index in [0.717, 1.165) is 4.47 Å². The van der Waals surface area contributed by atoms with Crippen LogP contribution in [0, 0.1) is 16.7 Å². The van der Waals surface area contributed by atoms with Crippen LogP contribution in [0.1, 0.15) is 38.1 Å². The first-order valence-electron chi connectivity index (χ1n) is 10.9. The molecule has 0 radical (unpaired) electrons. The molecule has 168 valence electrons. The van der Waals surface area contributed by atoms with Gasteiger partial charge in [0.05, 0.1) is 22.2 Å². The van der Waals surface area contributed by atoms with Crippen LogP contribution in [0.15, 0.2) is 74.5 Å². The zero-order chi connectivity index (χ0) is 24.0. The Morgan fingerprint density at radius 2 is 1.94 bits per heavy atom. The minimum Gasteiger partial charge on any atom is -0.444 e. The van der Waals surface area contributed by atoms with Gasteiger partial charge in [0.1, 0.15) is 28.6 Å². The molecule has 1 aromatic heterocycles. The number of benzene rings is 2. The molecule has 0 bridgehead atoms. The van der Waals surface area contributed by atoms with Gasteiger partial charge in [0.15, 0.2) is 5.78 Å². The van der Waals surface area contributed by atoms with Crippen LogP contribution < -0.4 is 11.3 Å². The Kier molecular flexibility index (Phi) is 4.10. The number of halogens is 1. The van der Waals surface area contributed by atoms with Crippen molar-refractivity contribution in [3.63, 3.8) is 0 Å². The number of para-hydroxylation sites is 1. The SMILES string of the molecule is CC1(C)CC(=O)C2=C(C1)OC(N)=C(C#N)C21c2cc(Br)ccc2-n2c1nc1ccccc1c2=O. The van der Waals surface area contributed by atoms with Gasteiger partial charge in [-0.25, -0.2) is 4.98 Å². The van der Waals surface area contributed by atoms with E-state index in [1.54, 1.807) is 30.3 Å². The smallest absolute Gasteiger partial charge is 0.266 e. The van der Waals surface area contributed by atoms with Crippen LogP contribution in [-0.2, 0) is 14.9 Å². The molecule has 3 aromatic rings. The number of rotatable bonds is 0. The first kappa shape index (κ1) is 20.9. The number of allylic oxidation sites excluding steroid dienone is 3. The lowest BCUT2D eigenvalue weighted by Gasteiger charge is -2.42. The predicted octanol–water partition coefficient (Wildman–Crippen LogP) is 4.11. The Morgan fingerprint density at radius 1 is 1.18 bits per heavy atom. The summed E-state index contributed by atoms with van der Waals surface area (Å²) in [6, 6.07) is 14.7. The third-order valence-corrected chi connectivity index (χ3v) is 7.39. The summed E-state index contributed by atoms with van der Waals surface area (Å²) in [7, 11) is 0.